The molecule has 3 heterocycles. The van der Waals surface area contributed by atoms with Gasteiger partial charge in [0.1, 0.15) is 5.82 Å². The molecule has 6 rings (SSSR count). The van der Waals surface area contributed by atoms with Crippen LogP contribution in [0.4, 0.5) is 28.0 Å². The fourth-order valence-corrected chi connectivity index (χ4v) is 7.36. The number of aromatic nitrogens is 2. The highest BCUT2D eigenvalue weighted by molar-refractivity contribution is 7.93. The Labute approximate surface area is 269 Å². The van der Waals surface area contributed by atoms with E-state index in [-0.39, 0.29) is 22.5 Å². The monoisotopic (exact) mass is 663 g/mol. The summed E-state index contributed by atoms with van der Waals surface area (Å²) in [7, 11) is -3.94. The van der Waals surface area contributed by atoms with Gasteiger partial charge in [-0.15, -0.1) is 0 Å². The van der Waals surface area contributed by atoms with Crippen molar-refractivity contribution in [1.82, 2.24) is 19.8 Å². The molecule has 0 unspecified atom stereocenters. The van der Waals surface area contributed by atoms with Crippen molar-refractivity contribution in [3.05, 3.63) is 95.6 Å². The second-order valence-electron chi connectivity index (χ2n) is 10.3. The van der Waals surface area contributed by atoms with E-state index < -0.39 is 10.0 Å². The largest absolute Gasteiger partial charge is 0.395 e. The maximum absolute atomic E-state index is 13.3. The average molecular weight is 664 g/mol. The highest BCUT2D eigenvalue weighted by Gasteiger charge is 2.24. The van der Waals surface area contributed by atoms with Crippen molar-refractivity contribution in [2.75, 3.05) is 54.7 Å². The van der Waals surface area contributed by atoms with Crippen LogP contribution in [-0.4, -0.2) is 78.5 Å². The van der Waals surface area contributed by atoms with Gasteiger partial charge < -0.3 is 20.6 Å². The van der Waals surface area contributed by atoms with Crippen molar-refractivity contribution in [3.8, 4) is 0 Å². The average Bonchev–Trinajstić information content (AvgIpc) is 3.45. The molecule has 2 aromatic heterocycles. The molecule has 0 bridgehead atoms. The molecular weight excluding hydrogens is 634 g/mol. The second-order valence-corrected chi connectivity index (χ2v) is 13.4. The van der Waals surface area contributed by atoms with Crippen LogP contribution < -0.4 is 15.4 Å². The summed E-state index contributed by atoms with van der Waals surface area (Å²) in [4.78, 5) is 26.1. The summed E-state index contributed by atoms with van der Waals surface area (Å²) in [6.07, 6.45) is 1.59. The predicted octanol–water partition coefficient (Wildman–Crippen LogP) is 5.38. The Morgan fingerprint density at radius 3 is 2.47 bits per heavy atom. The third kappa shape index (κ3) is 7.18. The van der Waals surface area contributed by atoms with E-state index in [0.29, 0.717) is 60.3 Å². The number of amides is 1. The maximum Gasteiger partial charge on any atom is 0.263 e. The normalized spacial score (nSPS) is 14.0. The van der Waals surface area contributed by atoms with Crippen LogP contribution in [-0.2, 0) is 10.0 Å². The number of benzene rings is 3. The number of carbonyl (C=O) groups excluding carboxylic acids is 1. The number of thiazole rings is 1. The first-order chi connectivity index (χ1) is 21.8. The third-order valence-electron chi connectivity index (χ3n) is 7.28. The summed E-state index contributed by atoms with van der Waals surface area (Å²) in [6.45, 7) is 3.18. The second kappa shape index (κ2) is 13.4. The highest BCUT2D eigenvalue weighted by atomic mass is 35.5. The van der Waals surface area contributed by atoms with Crippen LogP contribution in [0.2, 0.25) is 5.02 Å². The quantitative estimate of drug-likeness (QED) is 0.155. The molecule has 232 valence electrons. The zero-order chi connectivity index (χ0) is 31.4. The van der Waals surface area contributed by atoms with E-state index in [1.54, 1.807) is 47.5 Å². The van der Waals surface area contributed by atoms with Gasteiger partial charge in [0.25, 0.3) is 15.9 Å². The number of nitrogens with one attached hydrogen (secondary N) is 3. The van der Waals surface area contributed by atoms with Crippen molar-refractivity contribution in [2.45, 2.75) is 4.90 Å². The molecule has 1 aliphatic heterocycles. The highest BCUT2D eigenvalue weighted by Crippen LogP contribution is 2.35. The molecule has 1 amide bonds. The number of anilines is 5. The lowest BCUT2D eigenvalue weighted by Gasteiger charge is -2.34. The van der Waals surface area contributed by atoms with Crippen LogP contribution in [0, 0.1) is 0 Å². The Kier molecular flexibility index (Phi) is 9.14. The zero-order valence-corrected chi connectivity index (χ0v) is 26.4. The van der Waals surface area contributed by atoms with Gasteiger partial charge in [-0.2, -0.15) is 0 Å². The minimum atomic E-state index is -3.94. The standard InChI is InChI=1S/C31H30ClN7O4S2/c32-21-4-1-5-23(20-21)34-26-7-2-8-27-28(26)44-31(36-27)37-45(42,43)24-11-9-22(10-12-24)35-29-25(6-3-13-33-29)30(41)39-16-14-38(15-17-39)18-19-40/h1-13,20,34,40H,14-19H2,(H,33,35)(H,36,37). The van der Waals surface area contributed by atoms with Crippen LogP contribution in [0.15, 0.2) is 90.0 Å². The van der Waals surface area contributed by atoms with Gasteiger partial charge in [-0.1, -0.05) is 35.1 Å². The Morgan fingerprint density at radius 1 is 0.933 bits per heavy atom. The number of sulfonamides is 1. The molecule has 0 atom stereocenters. The number of aliphatic hydroxyl groups is 1. The number of halogens is 1. The number of hydrogen-bond donors (Lipinski definition) is 4. The van der Waals surface area contributed by atoms with Crippen molar-refractivity contribution in [3.63, 3.8) is 0 Å². The van der Waals surface area contributed by atoms with Crippen molar-refractivity contribution in [1.29, 1.82) is 0 Å². The molecule has 0 aliphatic carbocycles. The number of hydrogen-bond acceptors (Lipinski definition) is 10. The van der Waals surface area contributed by atoms with Gasteiger partial charge in [0.15, 0.2) is 5.13 Å². The number of aliphatic hydroxyl groups excluding tert-OH is 1. The van der Waals surface area contributed by atoms with Gasteiger partial charge in [0.05, 0.1) is 33.0 Å². The lowest BCUT2D eigenvalue weighted by Crippen LogP contribution is -2.49. The molecule has 0 spiro atoms. The van der Waals surface area contributed by atoms with Gasteiger partial charge in [0.2, 0.25) is 0 Å². The summed E-state index contributed by atoms with van der Waals surface area (Å²) in [5.74, 6) is 0.241. The van der Waals surface area contributed by atoms with Crippen molar-refractivity contribution < 1.29 is 18.3 Å². The smallest absolute Gasteiger partial charge is 0.263 e. The fourth-order valence-electron chi connectivity index (χ4n) is 5.00. The molecule has 3 aromatic carbocycles. The number of fused-ring (bicyclic) bond motifs is 1. The predicted molar refractivity (Wildman–Crippen MR) is 179 cm³/mol. The van der Waals surface area contributed by atoms with E-state index in [1.165, 1.54) is 23.5 Å². The third-order valence-corrected chi connectivity index (χ3v) is 10.0. The van der Waals surface area contributed by atoms with E-state index >= 15 is 0 Å². The Bertz CT molecular complexity index is 1930. The Morgan fingerprint density at radius 2 is 1.71 bits per heavy atom. The molecule has 14 heteroatoms. The summed E-state index contributed by atoms with van der Waals surface area (Å²) in [5.41, 5.74) is 3.23. The van der Waals surface area contributed by atoms with Gasteiger partial charge in [-0.25, -0.2) is 18.4 Å². The van der Waals surface area contributed by atoms with E-state index in [4.69, 9.17) is 11.6 Å². The Hall–Kier alpha value is -4.27. The lowest BCUT2D eigenvalue weighted by atomic mass is 10.2. The van der Waals surface area contributed by atoms with Crippen LogP contribution in [0.3, 0.4) is 0 Å². The maximum atomic E-state index is 13.3. The molecule has 5 aromatic rings. The van der Waals surface area contributed by atoms with Gasteiger partial charge in [-0.3, -0.25) is 14.4 Å². The van der Waals surface area contributed by atoms with Crippen LogP contribution >= 0.6 is 22.9 Å². The number of β-amino-alcohol motifs (C(OH)–C–C–N with tert-alkyl or cyclic N) is 1. The molecule has 45 heavy (non-hydrogen) atoms. The minimum absolute atomic E-state index is 0.0580. The number of nitrogens with zero attached hydrogens (tertiary/aromatic N) is 4. The SMILES string of the molecule is O=C(c1cccnc1Nc1ccc(S(=O)(=O)Nc2nc3cccc(Nc4cccc(Cl)c4)c3s2)cc1)N1CCN(CCO)CC1. The van der Waals surface area contributed by atoms with Crippen LogP contribution in [0.1, 0.15) is 10.4 Å². The number of pyridine rings is 1. The first-order valence-electron chi connectivity index (χ1n) is 14.2. The van der Waals surface area contributed by atoms with E-state index in [1.807, 2.05) is 30.3 Å². The number of piperazine rings is 1. The number of carbonyl (C=O) groups is 1. The molecule has 1 aliphatic rings. The first-order valence-corrected chi connectivity index (χ1v) is 16.9. The summed E-state index contributed by atoms with van der Waals surface area (Å²) in [5, 5.41) is 16.5. The van der Waals surface area contributed by atoms with E-state index in [9.17, 15) is 18.3 Å². The Balaban J connectivity index is 1.14. The van der Waals surface area contributed by atoms with E-state index in [2.05, 4.69) is 30.2 Å². The number of rotatable bonds is 10. The molecule has 0 radical (unpaired) electrons. The summed E-state index contributed by atoms with van der Waals surface area (Å²) >= 11 is 7.34. The van der Waals surface area contributed by atoms with Crippen LogP contribution in [0.5, 0.6) is 0 Å². The summed E-state index contributed by atoms with van der Waals surface area (Å²) in [6, 6.07) is 22.5. The first kappa shape index (κ1) is 30.7. The molecule has 11 nitrogen and oxygen atoms in total. The molecule has 1 saturated heterocycles. The minimum Gasteiger partial charge on any atom is -0.395 e. The lowest BCUT2D eigenvalue weighted by molar-refractivity contribution is 0.0615. The van der Waals surface area contributed by atoms with Gasteiger partial charge in [-0.05, 0) is 66.7 Å². The molecule has 0 saturated carbocycles. The van der Waals surface area contributed by atoms with Crippen molar-refractivity contribution in [2.24, 2.45) is 0 Å². The zero-order valence-electron chi connectivity index (χ0n) is 24.0. The van der Waals surface area contributed by atoms with Crippen LogP contribution in [0.25, 0.3) is 10.2 Å². The van der Waals surface area contributed by atoms with E-state index in [0.717, 1.165) is 16.1 Å². The fraction of sp³-hybridized carbons (Fsp3) is 0.194. The van der Waals surface area contributed by atoms with Crippen molar-refractivity contribution >= 4 is 77.1 Å². The van der Waals surface area contributed by atoms with Gasteiger partial charge >= 0.3 is 0 Å². The topological polar surface area (TPSA) is 140 Å². The molecular formula is C31H30ClN7O4S2. The molecule has 1 fully saturated rings. The molecule has 4 N–H and O–H groups in total. The summed E-state index contributed by atoms with van der Waals surface area (Å²) < 4.78 is 29.9. The van der Waals surface area contributed by atoms with Gasteiger partial charge in [0, 0.05) is 55.3 Å².